The molecule has 88 valence electrons. The predicted molar refractivity (Wildman–Crippen MR) is 66.8 cm³/mol. The van der Waals surface area contributed by atoms with Gasteiger partial charge in [-0.05, 0) is 36.4 Å². The molecule has 1 fully saturated rings. The fraction of sp³-hybridized carbons (Fsp3) is 0.571. The number of hydrogen-bond donors (Lipinski definition) is 2. The van der Waals surface area contributed by atoms with Crippen LogP contribution in [0.2, 0.25) is 0 Å². The fourth-order valence-corrected chi connectivity index (χ4v) is 2.48. The summed E-state index contributed by atoms with van der Waals surface area (Å²) in [4.78, 5) is 0. The Morgan fingerprint density at radius 1 is 1.50 bits per heavy atom. The Balaban J connectivity index is 2.18. The van der Waals surface area contributed by atoms with Gasteiger partial charge in [0.15, 0.2) is 0 Å². The summed E-state index contributed by atoms with van der Waals surface area (Å²) in [7, 11) is 0. The molecule has 16 heavy (non-hydrogen) atoms. The molecule has 2 heteroatoms. The van der Waals surface area contributed by atoms with Crippen molar-refractivity contribution in [1.29, 1.82) is 0 Å². The smallest absolute Gasteiger partial charge is 0.0499 e. The van der Waals surface area contributed by atoms with Gasteiger partial charge in [0.25, 0.3) is 0 Å². The molecule has 0 radical (unpaired) electrons. The Kier molecular flexibility index (Phi) is 3.97. The van der Waals surface area contributed by atoms with Gasteiger partial charge < -0.3 is 10.4 Å². The first-order valence-electron chi connectivity index (χ1n) is 6.26. The highest BCUT2D eigenvalue weighted by atomic mass is 16.3. The van der Waals surface area contributed by atoms with Crippen molar-refractivity contribution >= 4 is 0 Å². The summed E-state index contributed by atoms with van der Waals surface area (Å²) >= 11 is 0. The molecular weight excluding hydrogens is 198 g/mol. The molecule has 1 saturated heterocycles. The van der Waals surface area contributed by atoms with Gasteiger partial charge in [-0.2, -0.15) is 0 Å². The maximum absolute atomic E-state index is 9.32. The highest BCUT2D eigenvalue weighted by molar-refractivity contribution is 5.29. The van der Waals surface area contributed by atoms with Gasteiger partial charge in [-0.1, -0.05) is 31.2 Å². The van der Waals surface area contributed by atoms with E-state index < -0.39 is 0 Å². The molecule has 2 atom stereocenters. The highest BCUT2D eigenvalue weighted by Gasteiger charge is 2.17. The van der Waals surface area contributed by atoms with Crippen LogP contribution in [0.5, 0.6) is 0 Å². The van der Waals surface area contributed by atoms with Gasteiger partial charge in [0.2, 0.25) is 0 Å². The van der Waals surface area contributed by atoms with Crippen LogP contribution in [0.15, 0.2) is 24.3 Å². The average Bonchev–Trinajstić information content (AvgIpc) is 2.85. The van der Waals surface area contributed by atoms with Gasteiger partial charge in [0, 0.05) is 19.1 Å². The lowest BCUT2D eigenvalue weighted by Gasteiger charge is -2.15. The monoisotopic (exact) mass is 219 g/mol. The lowest BCUT2D eigenvalue weighted by atomic mass is 9.91. The first-order valence-corrected chi connectivity index (χ1v) is 6.26. The minimum atomic E-state index is 0.253. The molecule has 0 spiro atoms. The number of benzene rings is 1. The van der Waals surface area contributed by atoms with Gasteiger partial charge in [-0.15, -0.1) is 0 Å². The molecule has 1 aromatic rings. The number of hydrogen-bond acceptors (Lipinski definition) is 2. The third-order valence-corrected chi connectivity index (χ3v) is 3.63. The van der Waals surface area contributed by atoms with Crippen molar-refractivity contribution in [2.75, 3.05) is 19.7 Å². The Bertz CT molecular complexity index is 310. The van der Waals surface area contributed by atoms with E-state index in [1.165, 1.54) is 17.5 Å². The molecule has 1 aromatic carbocycles. The van der Waals surface area contributed by atoms with Crippen LogP contribution in [-0.4, -0.2) is 24.8 Å². The van der Waals surface area contributed by atoms with Crippen molar-refractivity contribution in [2.24, 2.45) is 0 Å². The summed E-state index contributed by atoms with van der Waals surface area (Å²) in [5.41, 5.74) is 2.71. The van der Waals surface area contributed by atoms with Crippen LogP contribution in [-0.2, 0) is 0 Å². The minimum absolute atomic E-state index is 0.253. The zero-order valence-corrected chi connectivity index (χ0v) is 9.95. The predicted octanol–water partition coefficient (Wildman–Crippen LogP) is 2.25. The summed E-state index contributed by atoms with van der Waals surface area (Å²) in [5, 5.41) is 12.7. The maximum atomic E-state index is 9.32. The molecule has 0 aromatic heterocycles. The van der Waals surface area contributed by atoms with E-state index in [1.807, 2.05) is 0 Å². The molecule has 0 saturated carbocycles. The summed E-state index contributed by atoms with van der Waals surface area (Å²) in [6, 6.07) is 8.75. The minimum Gasteiger partial charge on any atom is -0.396 e. The third kappa shape index (κ3) is 2.45. The Morgan fingerprint density at radius 2 is 2.38 bits per heavy atom. The normalized spacial score (nSPS) is 22.2. The lowest BCUT2D eigenvalue weighted by molar-refractivity contribution is 0.262. The van der Waals surface area contributed by atoms with E-state index in [0.717, 1.165) is 19.5 Å². The average molecular weight is 219 g/mol. The molecule has 2 rings (SSSR count). The highest BCUT2D eigenvalue weighted by Crippen LogP contribution is 2.26. The fourth-order valence-electron chi connectivity index (χ4n) is 2.48. The number of aliphatic hydroxyl groups is 1. The molecule has 0 amide bonds. The second-order valence-electron chi connectivity index (χ2n) is 4.65. The van der Waals surface area contributed by atoms with Crippen LogP contribution in [0, 0.1) is 0 Å². The molecule has 2 N–H and O–H groups in total. The molecule has 0 aliphatic carbocycles. The molecule has 0 bridgehead atoms. The lowest BCUT2D eigenvalue weighted by Crippen LogP contribution is -2.09. The number of nitrogens with one attached hydrogen (secondary N) is 1. The molecular formula is C14H21NO. The van der Waals surface area contributed by atoms with E-state index in [9.17, 15) is 5.11 Å². The summed E-state index contributed by atoms with van der Waals surface area (Å²) in [6.07, 6.45) is 2.24. The van der Waals surface area contributed by atoms with Crippen molar-refractivity contribution in [3.63, 3.8) is 0 Å². The second-order valence-corrected chi connectivity index (χ2v) is 4.65. The standard InChI is InChI=1S/C14H21NO/c1-2-11(10-16)12-4-3-5-13(8-12)14-6-7-15-9-14/h3-5,8,11,14-16H,2,6-7,9-10H2,1H3. The number of rotatable bonds is 4. The SMILES string of the molecule is CCC(CO)c1cccc(C2CCNC2)c1. The van der Waals surface area contributed by atoms with Gasteiger partial charge in [-0.25, -0.2) is 0 Å². The van der Waals surface area contributed by atoms with Crippen molar-refractivity contribution < 1.29 is 5.11 Å². The van der Waals surface area contributed by atoms with Crippen molar-refractivity contribution in [3.8, 4) is 0 Å². The molecule has 1 aliphatic heterocycles. The van der Waals surface area contributed by atoms with Gasteiger partial charge in [0.1, 0.15) is 0 Å². The van der Waals surface area contributed by atoms with Crippen molar-refractivity contribution in [1.82, 2.24) is 5.32 Å². The largest absolute Gasteiger partial charge is 0.396 e. The van der Waals surface area contributed by atoms with E-state index in [4.69, 9.17) is 0 Å². The van der Waals surface area contributed by atoms with E-state index in [1.54, 1.807) is 0 Å². The van der Waals surface area contributed by atoms with Crippen molar-refractivity contribution in [3.05, 3.63) is 35.4 Å². The first kappa shape index (κ1) is 11.6. The molecule has 2 nitrogen and oxygen atoms in total. The van der Waals surface area contributed by atoms with Crippen LogP contribution < -0.4 is 5.32 Å². The van der Waals surface area contributed by atoms with Crippen LogP contribution in [0.1, 0.15) is 42.7 Å². The Hall–Kier alpha value is -0.860. The van der Waals surface area contributed by atoms with Crippen molar-refractivity contribution in [2.45, 2.75) is 31.6 Å². The van der Waals surface area contributed by atoms with Crippen LogP contribution in [0.3, 0.4) is 0 Å². The van der Waals surface area contributed by atoms with E-state index >= 15 is 0 Å². The Morgan fingerprint density at radius 3 is 3.00 bits per heavy atom. The molecule has 1 heterocycles. The zero-order chi connectivity index (χ0) is 11.4. The first-order chi connectivity index (χ1) is 7.85. The van der Waals surface area contributed by atoms with Crippen LogP contribution >= 0.6 is 0 Å². The third-order valence-electron chi connectivity index (χ3n) is 3.63. The summed E-state index contributed by atoms with van der Waals surface area (Å²) < 4.78 is 0. The van der Waals surface area contributed by atoms with Gasteiger partial charge in [0.05, 0.1) is 0 Å². The summed E-state index contributed by atoms with van der Waals surface area (Å²) in [6.45, 7) is 4.61. The topological polar surface area (TPSA) is 32.3 Å². The van der Waals surface area contributed by atoms with Crippen LogP contribution in [0.4, 0.5) is 0 Å². The molecule has 1 aliphatic rings. The molecule has 2 unspecified atom stereocenters. The van der Waals surface area contributed by atoms with E-state index in [-0.39, 0.29) is 6.61 Å². The quantitative estimate of drug-likeness (QED) is 0.814. The van der Waals surface area contributed by atoms with Crippen LogP contribution in [0.25, 0.3) is 0 Å². The van der Waals surface area contributed by atoms with E-state index in [2.05, 4.69) is 36.5 Å². The summed E-state index contributed by atoms with van der Waals surface area (Å²) in [5.74, 6) is 0.963. The number of aliphatic hydroxyl groups excluding tert-OH is 1. The second kappa shape index (κ2) is 5.46. The van der Waals surface area contributed by atoms with Gasteiger partial charge in [-0.3, -0.25) is 0 Å². The Labute approximate surface area is 97.7 Å². The van der Waals surface area contributed by atoms with Gasteiger partial charge >= 0.3 is 0 Å². The maximum Gasteiger partial charge on any atom is 0.0499 e. The zero-order valence-electron chi connectivity index (χ0n) is 9.95. The van der Waals surface area contributed by atoms with E-state index in [0.29, 0.717) is 11.8 Å².